The van der Waals surface area contributed by atoms with Gasteiger partial charge in [-0.05, 0) is 37.1 Å². The Morgan fingerprint density at radius 1 is 1.11 bits per heavy atom. The Morgan fingerprint density at radius 2 is 1.79 bits per heavy atom. The van der Waals surface area contributed by atoms with E-state index in [4.69, 9.17) is 0 Å². The van der Waals surface area contributed by atoms with E-state index in [0.29, 0.717) is 32.1 Å². The number of halogens is 1. The lowest BCUT2D eigenvalue weighted by Crippen LogP contribution is -2.50. The Labute approximate surface area is 167 Å². The van der Waals surface area contributed by atoms with Gasteiger partial charge < -0.3 is 20.4 Å². The molecule has 6 nitrogen and oxygen atoms in total. The largest absolute Gasteiger partial charge is 0.368 e. The SMILES string of the molecule is CN=C(NCCC(=O)N1CCN(c2ccc(F)cc2)CC1)NC1CCCCC1. The van der Waals surface area contributed by atoms with E-state index < -0.39 is 0 Å². The number of rotatable bonds is 5. The van der Waals surface area contributed by atoms with Gasteiger partial charge in [0.1, 0.15) is 5.82 Å². The van der Waals surface area contributed by atoms with Crippen LogP contribution >= 0.6 is 0 Å². The maximum absolute atomic E-state index is 13.1. The van der Waals surface area contributed by atoms with Crippen LogP contribution in [0, 0.1) is 5.82 Å². The molecule has 0 unspecified atom stereocenters. The molecule has 0 atom stereocenters. The Kier molecular flexibility index (Phi) is 7.51. The van der Waals surface area contributed by atoms with Crippen LogP contribution in [0.2, 0.25) is 0 Å². The molecule has 2 N–H and O–H groups in total. The van der Waals surface area contributed by atoms with Crippen molar-refractivity contribution in [3.63, 3.8) is 0 Å². The minimum absolute atomic E-state index is 0.166. The van der Waals surface area contributed by atoms with E-state index in [2.05, 4.69) is 20.5 Å². The van der Waals surface area contributed by atoms with E-state index in [1.54, 1.807) is 19.2 Å². The lowest BCUT2D eigenvalue weighted by molar-refractivity contribution is -0.131. The highest BCUT2D eigenvalue weighted by molar-refractivity contribution is 5.81. The van der Waals surface area contributed by atoms with Gasteiger partial charge in [-0.2, -0.15) is 0 Å². The lowest BCUT2D eigenvalue weighted by atomic mass is 9.96. The summed E-state index contributed by atoms with van der Waals surface area (Å²) in [7, 11) is 1.77. The lowest BCUT2D eigenvalue weighted by Gasteiger charge is -2.36. The third-order valence-electron chi connectivity index (χ3n) is 5.63. The van der Waals surface area contributed by atoms with Crippen molar-refractivity contribution in [3.8, 4) is 0 Å². The molecule has 1 aromatic rings. The Hall–Kier alpha value is -2.31. The van der Waals surface area contributed by atoms with Crippen molar-refractivity contribution in [1.29, 1.82) is 0 Å². The van der Waals surface area contributed by atoms with Crippen LogP contribution in [0.15, 0.2) is 29.3 Å². The molecule has 2 fully saturated rings. The van der Waals surface area contributed by atoms with Gasteiger partial charge in [0.25, 0.3) is 0 Å². The fourth-order valence-corrected chi connectivity index (χ4v) is 3.95. The van der Waals surface area contributed by atoms with Crippen molar-refractivity contribution in [2.45, 2.75) is 44.6 Å². The summed E-state index contributed by atoms with van der Waals surface area (Å²) in [5.74, 6) is 0.734. The number of benzene rings is 1. The smallest absolute Gasteiger partial charge is 0.224 e. The van der Waals surface area contributed by atoms with Crippen molar-refractivity contribution >= 4 is 17.6 Å². The summed E-state index contributed by atoms with van der Waals surface area (Å²) < 4.78 is 13.1. The molecule has 3 rings (SSSR count). The topological polar surface area (TPSA) is 60.0 Å². The number of carbonyl (C=O) groups excluding carboxylic acids is 1. The van der Waals surface area contributed by atoms with Gasteiger partial charge in [-0.15, -0.1) is 0 Å². The molecule has 1 saturated heterocycles. The molecule has 0 spiro atoms. The third-order valence-corrected chi connectivity index (χ3v) is 5.63. The second kappa shape index (κ2) is 10.3. The average molecular weight is 390 g/mol. The van der Waals surface area contributed by atoms with Crippen molar-refractivity contribution in [1.82, 2.24) is 15.5 Å². The summed E-state index contributed by atoms with van der Waals surface area (Å²) in [5, 5.41) is 6.74. The van der Waals surface area contributed by atoms with Gasteiger partial charge in [-0.1, -0.05) is 19.3 Å². The number of hydrogen-bond donors (Lipinski definition) is 2. The van der Waals surface area contributed by atoms with Crippen molar-refractivity contribution in [2.24, 2.45) is 4.99 Å². The summed E-state index contributed by atoms with van der Waals surface area (Å²) in [6.45, 7) is 3.53. The van der Waals surface area contributed by atoms with E-state index in [-0.39, 0.29) is 11.7 Å². The number of nitrogens with one attached hydrogen (secondary N) is 2. The summed E-state index contributed by atoms with van der Waals surface area (Å²) in [6.07, 6.45) is 6.72. The van der Waals surface area contributed by atoms with Gasteiger partial charge in [0.15, 0.2) is 5.96 Å². The monoisotopic (exact) mass is 389 g/mol. The Bertz CT molecular complexity index is 649. The first kappa shape index (κ1) is 20.4. The van der Waals surface area contributed by atoms with Crippen LogP contribution in [0.5, 0.6) is 0 Å². The van der Waals surface area contributed by atoms with Crippen molar-refractivity contribution in [2.75, 3.05) is 44.7 Å². The number of carbonyl (C=O) groups is 1. The van der Waals surface area contributed by atoms with Gasteiger partial charge in [0.05, 0.1) is 0 Å². The van der Waals surface area contributed by atoms with E-state index in [1.165, 1.54) is 44.2 Å². The fourth-order valence-electron chi connectivity index (χ4n) is 3.95. The number of piperazine rings is 1. The zero-order valence-electron chi connectivity index (χ0n) is 16.8. The summed E-state index contributed by atoms with van der Waals surface area (Å²) >= 11 is 0. The zero-order valence-corrected chi connectivity index (χ0v) is 16.8. The predicted molar refractivity (Wildman–Crippen MR) is 111 cm³/mol. The molecular formula is C21H32FN5O. The summed E-state index contributed by atoms with van der Waals surface area (Å²) in [4.78, 5) is 20.9. The standard InChI is InChI=1S/C21H32FN5O/c1-23-21(25-18-5-3-2-4-6-18)24-12-11-20(28)27-15-13-26(14-16-27)19-9-7-17(22)8-10-19/h7-10,18H,2-6,11-16H2,1H3,(H2,23,24,25). The molecule has 7 heteroatoms. The average Bonchev–Trinajstić information content (AvgIpc) is 2.74. The van der Waals surface area contributed by atoms with Crippen LogP contribution < -0.4 is 15.5 Å². The molecule has 154 valence electrons. The minimum Gasteiger partial charge on any atom is -0.368 e. The maximum atomic E-state index is 13.1. The van der Waals surface area contributed by atoms with Gasteiger partial charge in [0, 0.05) is 57.9 Å². The molecule has 0 aromatic heterocycles. The van der Waals surface area contributed by atoms with Gasteiger partial charge in [-0.3, -0.25) is 9.79 Å². The van der Waals surface area contributed by atoms with E-state index >= 15 is 0 Å². The van der Waals surface area contributed by atoms with Crippen LogP contribution in [-0.2, 0) is 4.79 Å². The van der Waals surface area contributed by atoms with Crippen LogP contribution in [-0.4, -0.2) is 62.6 Å². The quantitative estimate of drug-likeness (QED) is 0.600. The minimum atomic E-state index is -0.224. The van der Waals surface area contributed by atoms with Gasteiger partial charge in [0.2, 0.25) is 5.91 Å². The Balaban J connectivity index is 1.36. The van der Waals surface area contributed by atoms with Gasteiger partial charge in [-0.25, -0.2) is 4.39 Å². The van der Waals surface area contributed by atoms with Crippen molar-refractivity contribution in [3.05, 3.63) is 30.1 Å². The second-order valence-electron chi connectivity index (χ2n) is 7.57. The number of guanidine groups is 1. The number of aliphatic imine (C=N–C) groups is 1. The normalized spacial score (nSPS) is 18.9. The summed E-state index contributed by atoms with van der Waals surface area (Å²) in [5.41, 5.74) is 1.01. The van der Waals surface area contributed by atoms with Crippen molar-refractivity contribution < 1.29 is 9.18 Å². The third kappa shape index (κ3) is 5.84. The Morgan fingerprint density at radius 3 is 2.43 bits per heavy atom. The molecule has 0 bridgehead atoms. The number of anilines is 1. The molecule has 28 heavy (non-hydrogen) atoms. The van der Waals surface area contributed by atoms with Crippen LogP contribution in [0.25, 0.3) is 0 Å². The first-order valence-electron chi connectivity index (χ1n) is 10.4. The molecule has 1 amide bonds. The van der Waals surface area contributed by atoms with Gasteiger partial charge >= 0.3 is 0 Å². The zero-order chi connectivity index (χ0) is 19.8. The second-order valence-corrected chi connectivity index (χ2v) is 7.57. The predicted octanol–water partition coefficient (Wildman–Crippen LogP) is 2.36. The first-order valence-corrected chi connectivity index (χ1v) is 10.4. The van der Waals surface area contributed by atoms with Crippen LogP contribution in [0.1, 0.15) is 38.5 Å². The fraction of sp³-hybridized carbons (Fsp3) is 0.619. The number of hydrogen-bond acceptors (Lipinski definition) is 3. The van der Waals surface area contributed by atoms with E-state index in [9.17, 15) is 9.18 Å². The molecule has 1 aromatic carbocycles. The maximum Gasteiger partial charge on any atom is 0.224 e. The molecule has 1 heterocycles. The van der Waals surface area contributed by atoms with E-state index in [0.717, 1.165) is 24.7 Å². The number of nitrogens with zero attached hydrogens (tertiary/aromatic N) is 3. The highest BCUT2D eigenvalue weighted by Gasteiger charge is 2.21. The molecule has 1 aliphatic heterocycles. The van der Waals surface area contributed by atoms with Crippen LogP contribution in [0.4, 0.5) is 10.1 Å². The highest BCUT2D eigenvalue weighted by atomic mass is 19.1. The van der Waals surface area contributed by atoms with E-state index in [1.807, 2.05) is 4.90 Å². The first-order chi connectivity index (χ1) is 13.7. The summed E-state index contributed by atoms with van der Waals surface area (Å²) in [6, 6.07) is 7.04. The molecule has 2 aliphatic rings. The molecular weight excluding hydrogens is 357 g/mol. The number of amides is 1. The highest BCUT2D eigenvalue weighted by Crippen LogP contribution is 2.18. The molecule has 1 saturated carbocycles. The molecule has 0 radical (unpaired) electrons. The van der Waals surface area contributed by atoms with Crippen LogP contribution in [0.3, 0.4) is 0 Å². The molecule has 1 aliphatic carbocycles.